The summed E-state index contributed by atoms with van der Waals surface area (Å²) in [7, 11) is 0. The first-order valence-corrected chi connectivity index (χ1v) is 17.5. The number of aromatic nitrogens is 3. The van der Waals surface area contributed by atoms with Gasteiger partial charge in [0.15, 0.2) is 17.5 Å². The van der Waals surface area contributed by atoms with Crippen molar-refractivity contribution in [1.82, 2.24) is 15.0 Å². The Bertz CT molecular complexity index is 2750. The molecule has 0 N–H and O–H groups in total. The second-order valence-electron chi connectivity index (χ2n) is 14.1. The molecular weight excluding hydrogens is 619 g/mol. The minimum absolute atomic E-state index is 0.111. The molecule has 1 aliphatic rings. The smallest absolute Gasteiger partial charge is 0.164 e. The summed E-state index contributed by atoms with van der Waals surface area (Å²) in [6, 6.07) is 58.5. The first-order chi connectivity index (χ1) is 25.0. The van der Waals surface area contributed by atoms with Gasteiger partial charge in [-0.05, 0) is 90.0 Å². The van der Waals surface area contributed by atoms with E-state index in [4.69, 9.17) is 15.0 Å². The quantitative estimate of drug-likeness (QED) is 0.190. The highest BCUT2D eigenvalue weighted by atomic mass is 15.0. The average molecular weight is 652 g/mol. The van der Waals surface area contributed by atoms with E-state index in [1.165, 1.54) is 49.4 Å². The maximum absolute atomic E-state index is 5.17. The third kappa shape index (κ3) is 4.77. The zero-order chi connectivity index (χ0) is 34.1. The zero-order valence-corrected chi connectivity index (χ0v) is 28.4. The topological polar surface area (TPSA) is 38.7 Å². The Morgan fingerprint density at radius 3 is 1.51 bits per heavy atom. The SMILES string of the molecule is CC1(C)c2ccccc2-c2c1cc1ccccc1c2-c1cccc(-c2nc(-c3ccc4ccccc4c3)nc(-c3ccc4ccccc4c3)n2)c1. The van der Waals surface area contributed by atoms with E-state index in [0.29, 0.717) is 17.5 Å². The van der Waals surface area contributed by atoms with E-state index in [1.807, 2.05) is 0 Å². The molecule has 1 heterocycles. The lowest BCUT2D eigenvalue weighted by atomic mass is 9.80. The maximum Gasteiger partial charge on any atom is 0.164 e. The van der Waals surface area contributed by atoms with Crippen molar-refractivity contribution in [2.45, 2.75) is 19.3 Å². The van der Waals surface area contributed by atoms with Gasteiger partial charge in [-0.25, -0.2) is 15.0 Å². The fourth-order valence-electron chi connectivity index (χ4n) is 8.05. The van der Waals surface area contributed by atoms with Crippen molar-refractivity contribution < 1.29 is 0 Å². The van der Waals surface area contributed by atoms with Crippen LogP contribution in [0.2, 0.25) is 0 Å². The van der Waals surface area contributed by atoms with Gasteiger partial charge < -0.3 is 0 Å². The van der Waals surface area contributed by atoms with Crippen LogP contribution in [0.1, 0.15) is 25.0 Å². The van der Waals surface area contributed by atoms with Crippen LogP contribution in [0.3, 0.4) is 0 Å². The first-order valence-electron chi connectivity index (χ1n) is 17.5. The Balaban J connectivity index is 1.20. The molecule has 0 spiro atoms. The van der Waals surface area contributed by atoms with Gasteiger partial charge in [-0.2, -0.15) is 0 Å². The highest BCUT2D eigenvalue weighted by Gasteiger charge is 2.37. The lowest BCUT2D eigenvalue weighted by Crippen LogP contribution is -2.14. The molecule has 0 fully saturated rings. The first kappa shape index (κ1) is 29.5. The molecule has 0 bridgehead atoms. The van der Waals surface area contributed by atoms with Gasteiger partial charge in [-0.1, -0.05) is 153 Å². The van der Waals surface area contributed by atoms with Gasteiger partial charge in [0.1, 0.15) is 0 Å². The second kappa shape index (κ2) is 11.3. The van der Waals surface area contributed by atoms with Crippen molar-refractivity contribution in [2.75, 3.05) is 0 Å². The number of hydrogen-bond donors (Lipinski definition) is 0. The number of fused-ring (bicyclic) bond motifs is 6. The summed E-state index contributed by atoms with van der Waals surface area (Å²) in [4.78, 5) is 15.5. The van der Waals surface area contributed by atoms with Crippen LogP contribution < -0.4 is 0 Å². The van der Waals surface area contributed by atoms with Crippen LogP contribution in [-0.4, -0.2) is 15.0 Å². The molecule has 0 unspecified atom stereocenters. The van der Waals surface area contributed by atoms with E-state index < -0.39 is 0 Å². The summed E-state index contributed by atoms with van der Waals surface area (Å²) in [6.07, 6.45) is 0. The van der Waals surface area contributed by atoms with E-state index in [-0.39, 0.29) is 5.41 Å². The highest BCUT2D eigenvalue weighted by molar-refractivity contribution is 6.08. The van der Waals surface area contributed by atoms with Crippen molar-refractivity contribution >= 4 is 32.3 Å². The summed E-state index contributed by atoms with van der Waals surface area (Å²) in [6.45, 7) is 4.69. The van der Waals surface area contributed by atoms with E-state index in [0.717, 1.165) is 33.0 Å². The van der Waals surface area contributed by atoms with Crippen molar-refractivity contribution in [1.29, 1.82) is 0 Å². The highest BCUT2D eigenvalue weighted by Crippen LogP contribution is 2.54. The Hall–Kier alpha value is -6.45. The van der Waals surface area contributed by atoms with Gasteiger partial charge in [-0.3, -0.25) is 0 Å². The molecule has 9 aromatic rings. The predicted octanol–water partition coefficient (Wildman–Crippen LogP) is 12.3. The Kier molecular flexibility index (Phi) is 6.53. The minimum Gasteiger partial charge on any atom is -0.208 e. The molecule has 3 heteroatoms. The van der Waals surface area contributed by atoms with Crippen LogP contribution in [0.5, 0.6) is 0 Å². The maximum atomic E-state index is 5.17. The lowest BCUT2D eigenvalue weighted by molar-refractivity contribution is 0.661. The molecule has 0 saturated carbocycles. The predicted molar refractivity (Wildman–Crippen MR) is 212 cm³/mol. The van der Waals surface area contributed by atoms with Gasteiger partial charge in [0.25, 0.3) is 0 Å². The van der Waals surface area contributed by atoms with E-state index in [9.17, 15) is 0 Å². The normalized spacial score (nSPS) is 13.1. The van der Waals surface area contributed by atoms with Gasteiger partial charge in [0.2, 0.25) is 0 Å². The summed E-state index contributed by atoms with van der Waals surface area (Å²) in [5, 5.41) is 7.16. The molecule has 3 nitrogen and oxygen atoms in total. The molecule has 10 rings (SSSR count). The largest absolute Gasteiger partial charge is 0.208 e. The van der Waals surface area contributed by atoms with Crippen LogP contribution >= 0.6 is 0 Å². The summed E-state index contributed by atoms with van der Waals surface area (Å²) in [5.74, 6) is 1.96. The van der Waals surface area contributed by atoms with Crippen LogP contribution in [0.25, 0.3) is 88.7 Å². The van der Waals surface area contributed by atoms with Gasteiger partial charge in [-0.15, -0.1) is 0 Å². The molecule has 51 heavy (non-hydrogen) atoms. The van der Waals surface area contributed by atoms with Crippen LogP contribution in [-0.2, 0) is 5.41 Å². The molecule has 0 atom stereocenters. The third-order valence-electron chi connectivity index (χ3n) is 10.7. The summed E-state index contributed by atoms with van der Waals surface area (Å²) >= 11 is 0. The van der Waals surface area contributed by atoms with Gasteiger partial charge >= 0.3 is 0 Å². The van der Waals surface area contributed by atoms with E-state index >= 15 is 0 Å². The molecule has 1 aromatic heterocycles. The van der Waals surface area contributed by atoms with Crippen molar-refractivity contribution in [3.63, 3.8) is 0 Å². The molecule has 0 saturated heterocycles. The zero-order valence-electron chi connectivity index (χ0n) is 28.4. The number of benzene rings is 8. The number of hydrogen-bond acceptors (Lipinski definition) is 3. The molecule has 1 aliphatic carbocycles. The molecule has 8 aromatic carbocycles. The molecule has 0 amide bonds. The summed E-state index contributed by atoms with van der Waals surface area (Å²) < 4.78 is 0. The average Bonchev–Trinajstić information content (AvgIpc) is 3.41. The van der Waals surface area contributed by atoms with Gasteiger partial charge in [0, 0.05) is 22.1 Å². The minimum atomic E-state index is -0.111. The Morgan fingerprint density at radius 1 is 0.353 bits per heavy atom. The standard InChI is InChI=1S/C48H33N3/c1-48(2)41-21-10-9-20-40(41)44-42(48)29-34-16-7-8-19-39(34)43(44)35-17-11-18-36(28-35)45-49-46(37-24-22-30-12-3-5-14-32(30)26-37)51-47(50-45)38-25-23-31-13-4-6-15-33(31)27-38/h3-29H,1-2H3. The molecule has 0 aliphatic heterocycles. The van der Waals surface area contributed by atoms with Gasteiger partial charge in [0.05, 0.1) is 0 Å². The van der Waals surface area contributed by atoms with E-state index in [1.54, 1.807) is 0 Å². The Morgan fingerprint density at radius 2 is 0.863 bits per heavy atom. The van der Waals surface area contributed by atoms with Crippen LogP contribution in [0.4, 0.5) is 0 Å². The lowest BCUT2D eigenvalue weighted by Gasteiger charge is -2.23. The fraction of sp³-hybridized carbons (Fsp3) is 0.0625. The van der Waals surface area contributed by atoms with Crippen LogP contribution in [0.15, 0.2) is 164 Å². The van der Waals surface area contributed by atoms with Crippen molar-refractivity contribution in [3.05, 3.63) is 175 Å². The third-order valence-corrected chi connectivity index (χ3v) is 10.7. The van der Waals surface area contributed by atoms with Crippen molar-refractivity contribution in [2.24, 2.45) is 0 Å². The Labute approximate surface area is 297 Å². The molecular formula is C48H33N3. The number of nitrogens with zero attached hydrogens (tertiary/aromatic N) is 3. The van der Waals surface area contributed by atoms with E-state index in [2.05, 4.69) is 178 Å². The monoisotopic (exact) mass is 651 g/mol. The summed E-state index contributed by atoms with van der Waals surface area (Å²) in [5.41, 5.74) is 10.5. The van der Waals surface area contributed by atoms with Crippen molar-refractivity contribution in [3.8, 4) is 56.4 Å². The second-order valence-corrected chi connectivity index (χ2v) is 14.1. The fourth-order valence-corrected chi connectivity index (χ4v) is 8.05. The molecule has 0 radical (unpaired) electrons. The number of rotatable bonds is 4. The molecule has 240 valence electrons. The van der Waals surface area contributed by atoms with Crippen LogP contribution in [0, 0.1) is 0 Å².